The summed E-state index contributed by atoms with van der Waals surface area (Å²) >= 11 is 0. The number of carboxylic acids is 1. The number of ether oxygens (including phenoxy) is 1. The quantitative estimate of drug-likeness (QED) is 0.755. The van der Waals surface area contributed by atoms with Crippen LogP contribution in [0.1, 0.15) is 42.6 Å². The molecule has 9 heteroatoms. The summed E-state index contributed by atoms with van der Waals surface area (Å²) in [7, 11) is 1.44. The van der Waals surface area contributed by atoms with Gasteiger partial charge in [-0.05, 0) is 25.8 Å². The van der Waals surface area contributed by atoms with Crippen LogP contribution in [0.2, 0.25) is 0 Å². The minimum atomic E-state index is -1.33. The van der Waals surface area contributed by atoms with E-state index in [1.807, 2.05) is 11.8 Å². The van der Waals surface area contributed by atoms with Crippen LogP contribution in [-0.4, -0.2) is 59.9 Å². The van der Waals surface area contributed by atoms with Gasteiger partial charge < -0.3 is 19.3 Å². The maximum atomic E-state index is 15.4. The number of nitrogens with zero attached hydrogens (tertiary/aromatic N) is 4. The van der Waals surface area contributed by atoms with E-state index in [0.717, 1.165) is 18.9 Å². The molecular weight excluding hydrogens is 403 g/mol. The second-order valence-electron chi connectivity index (χ2n) is 8.19. The third-order valence-corrected chi connectivity index (χ3v) is 6.17. The fourth-order valence-electron chi connectivity index (χ4n) is 4.45. The third-order valence-electron chi connectivity index (χ3n) is 6.17. The summed E-state index contributed by atoms with van der Waals surface area (Å²) in [5, 5.41) is 18.3. The normalized spacial score (nSPS) is 19.4. The highest BCUT2D eigenvalue weighted by molar-refractivity contribution is 5.97. The lowest BCUT2D eigenvalue weighted by Crippen LogP contribution is -2.52. The molecule has 1 atom stereocenters. The molecule has 1 aliphatic heterocycles. The highest BCUT2D eigenvalue weighted by Crippen LogP contribution is 2.44. The van der Waals surface area contributed by atoms with Gasteiger partial charge in [0.05, 0.1) is 24.1 Å². The third kappa shape index (κ3) is 3.72. The number of hydrogen-bond acceptors (Lipinski definition) is 6. The van der Waals surface area contributed by atoms with Crippen molar-refractivity contribution >= 4 is 22.6 Å². The molecule has 1 N–H and O–H groups in total. The van der Waals surface area contributed by atoms with Crippen LogP contribution in [0.15, 0.2) is 17.1 Å². The molecule has 1 saturated carbocycles. The lowest BCUT2D eigenvalue weighted by atomic mass is 10.1. The van der Waals surface area contributed by atoms with Crippen molar-refractivity contribution in [3.8, 4) is 11.8 Å². The molecule has 0 radical (unpaired) electrons. The number of methoxy groups -OCH3 is 1. The Hall–Kier alpha value is -3.12. The highest BCUT2D eigenvalue weighted by atomic mass is 19.1. The summed E-state index contributed by atoms with van der Waals surface area (Å²) < 4.78 is 22.8. The molecule has 1 aliphatic carbocycles. The lowest BCUT2D eigenvalue weighted by Gasteiger charge is -2.41. The second kappa shape index (κ2) is 8.19. The van der Waals surface area contributed by atoms with E-state index in [2.05, 4.69) is 11.0 Å². The Balaban J connectivity index is 1.84. The van der Waals surface area contributed by atoms with Crippen molar-refractivity contribution < 1.29 is 19.0 Å². The minimum absolute atomic E-state index is 0.0191. The maximum absolute atomic E-state index is 15.4. The average Bonchev–Trinajstić information content (AvgIpc) is 3.57. The van der Waals surface area contributed by atoms with Gasteiger partial charge in [0.1, 0.15) is 11.3 Å². The molecule has 2 aromatic rings. The first-order chi connectivity index (χ1) is 14.9. The first kappa shape index (κ1) is 21.1. The Morgan fingerprint density at radius 3 is 2.71 bits per heavy atom. The molecule has 8 nitrogen and oxygen atoms in total. The number of aromatic nitrogens is 1. The van der Waals surface area contributed by atoms with Gasteiger partial charge in [-0.2, -0.15) is 5.26 Å². The second-order valence-corrected chi connectivity index (χ2v) is 8.19. The van der Waals surface area contributed by atoms with E-state index in [1.54, 1.807) is 4.57 Å². The van der Waals surface area contributed by atoms with Crippen molar-refractivity contribution in [2.45, 2.75) is 38.3 Å². The topological polar surface area (TPSA) is 98.8 Å². The van der Waals surface area contributed by atoms with Gasteiger partial charge in [0.15, 0.2) is 11.6 Å². The van der Waals surface area contributed by atoms with Crippen molar-refractivity contribution in [3.63, 3.8) is 0 Å². The molecular formula is C22H25FN4O4. The molecule has 1 aromatic carbocycles. The molecule has 164 valence electrons. The first-order valence-electron chi connectivity index (χ1n) is 10.4. The number of hydrogen-bond donors (Lipinski definition) is 1. The number of halogens is 1. The van der Waals surface area contributed by atoms with Gasteiger partial charge in [-0.1, -0.05) is 0 Å². The molecule has 2 heterocycles. The van der Waals surface area contributed by atoms with Crippen molar-refractivity contribution in [1.82, 2.24) is 9.47 Å². The van der Waals surface area contributed by atoms with Crippen molar-refractivity contribution in [2.75, 3.05) is 38.2 Å². The number of carboxylic acid groups (broad SMARTS) is 1. The summed E-state index contributed by atoms with van der Waals surface area (Å²) in [6.07, 6.45) is 3.53. The molecule has 0 bridgehead atoms. The molecule has 1 aromatic heterocycles. The number of benzene rings is 1. The molecule has 1 saturated heterocycles. The lowest BCUT2D eigenvalue weighted by molar-refractivity contribution is 0.0695. The predicted molar refractivity (Wildman–Crippen MR) is 113 cm³/mol. The SMILES string of the molecule is COc1c(N2CCN(CCC#N)C(C)C2)c(F)cc2c(=O)c(C(=O)O)cn(C3CC3)c12. The number of carbonyl (C=O) groups is 1. The van der Waals surface area contributed by atoms with E-state index < -0.39 is 17.2 Å². The van der Waals surface area contributed by atoms with Gasteiger partial charge in [-0.25, -0.2) is 9.18 Å². The molecule has 1 unspecified atom stereocenters. The smallest absolute Gasteiger partial charge is 0.341 e. The number of nitriles is 1. The monoisotopic (exact) mass is 428 g/mol. The summed E-state index contributed by atoms with van der Waals surface area (Å²) in [5.74, 6) is -1.68. The number of piperazine rings is 1. The number of pyridine rings is 1. The average molecular weight is 428 g/mol. The summed E-state index contributed by atoms with van der Waals surface area (Å²) in [6.45, 7) is 4.48. The Morgan fingerprint density at radius 2 is 2.13 bits per heavy atom. The number of aromatic carboxylic acids is 1. The van der Waals surface area contributed by atoms with Gasteiger partial charge in [0.25, 0.3) is 0 Å². The molecule has 31 heavy (non-hydrogen) atoms. The van der Waals surface area contributed by atoms with E-state index in [0.29, 0.717) is 43.8 Å². The van der Waals surface area contributed by atoms with Gasteiger partial charge in [-0.15, -0.1) is 0 Å². The van der Waals surface area contributed by atoms with Crippen LogP contribution in [0.3, 0.4) is 0 Å². The summed E-state index contributed by atoms with van der Waals surface area (Å²) in [6, 6.07) is 3.48. The van der Waals surface area contributed by atoms with Gasteiger partial charge >= 0.3 is 5.97 Å². The zero-order valence-electron chi connectivity index (χ0n) is 17.6. The molecule has 4 rings (SSSR count). The van der Waals surface area contributed by atoms with Gasteiger partial charge in [0, 0.05) is 50.9 Å². The minimum Gasteiger partial charge on any atom is -0.492 e. The maximum Gasteiger partial charge on any atom is 0.341 e. The fourth-order valence-corrected chi connectivity index (χ4v) is 4.45. The van der Waals surface area contributed by atoms with Crippen LogP contribution in [0.5, 0.6) is 5.75 Å². The zero-order valence-corrected chi connectivity index (χ0v) is 17.6. The molecule has 0 amide bonds. The van der Waals surface area contributed by atoms with Crippen LogP contribution in [0, 0.1) is 17.1 Å². The largest absolute Gasteiger partial charge is 0.492 e. The Bertz CT molecular complexity index is 1140. The number of anilines is 1. The van der Waals surface area contributed by atoms with E-state index in [4.69, 9.17) is 10.00 Å². The van der Waals surface area contributed by atoms with E-state index in [1.165, 1.54) is 13.3 Å². The molecule has 0 spiro atoms. The number of rotatable bonds is 6. The van der Waals surface area contributed by atoms with Crippen LogP contribution in [0.4, 0.5) is 10.1 Å². The van der Waals surface area contributed by atoms with Crippen LogP contribution in [-0.2, 0) is 0 Å². The van der Waals surface area contributed by atoms with Crippen molar-refractivity contribution in [1.29, 1.82) is 5.26 Å². The van der Waals surface area contributed by atoms with E-state index in [-0.39, 0.29) is 28.8 Å². The van der Waals surface area contributed by atoms with Crippen molar-refractivity contribution in [3.05, 3.63) is 33.9 Å². The Kier molecular flexibility index (Phi) is 5.58. The van der Waals surface area contributed by atoms with Crippen LogP contribution < -0.4 is 15.1 Å². The summed E-state index contributed by atoms with van der Waals surface area (Å²) in [5.41, 5.74) is -0.346. The number of fused-ring (bicyclic) bond motifs is 1. The van der Waals surface area contributed by atoms with E-state index >= 15 is 4.39 Å². The van der Waals surface area contributed by atoms with Crippen molar-refractivity contribution in [2.24, 2.45) is 0 Å². The Labute approximate surface area is 179 Å². The standard InChI is InChI=1S/C22H25FN4O4/c1-13-11-26(9-8-25(13)7-3-6-24)19-17(23)10-15-18(21(19)31-2)27(14-4-5-14)12-16(20(15)28)22(29)30/h10,12-14H,3-5,7-9,11H2,1-2H3,(H,29,30). The van der Waals surface area contributed by atoms with E-state index in [9.17, 15) is 14.7 Å². The van der Waals surface area contributed by atoms with Crippen LogP contribution >= 0.6 is 0 Å². The van der Waals surface area contributed by atoms with Crippen LogP contribution in [0.25, 0.3) is 10.9 Å². The first-order valence-corrected chi connectivity index (χ1v) is 10.4. The van der Waals surface area contributed by atoms with Gasteiger partial charge in [-0.3, -0.25) is 9.69 Å². The fraction of sp³-hybridized carbons (Fsp3) is 0.500. The summed E-state index contributed by atoms with van der Waals surface area (Å²) in [4.78, 5) is 28.5. The zero-order chi connectivity index (χ0) is 22.3. The highest BCUT2D eigenvalue weighted by Gasteiger charge is 2.33. The molecule has 2 fully saturated rings. The molecule has 2 aliphatic rings. The Morgan fingerprint density at radius 1 is 1.39 bits per heavy atom. The predicted octanol–water partition coefficient (Wildman–Crippen LogP) is 2.61. The van der Waals surface area contributed by atoms with Gasteiger partial charge in [0.2, 0.25) is 5.43 Å².